The number of esters is 1. The van der Waals surface area contributed by atoms with Crippen LogP contribution in [0.15, 0.2) is 30.3 Å². The molecule has 0 spiro atoms. The Morgan fingerprint density at radius 2 is 1.56 bits per heavy atom. The second-order valence-electron chi connectivity index (χ2n) is 4.79. The molecule has 0 aliphatic carbocycles. The molecule has 0 radical (unpaired) electrons. The standard InChI is InChI=1S/C17H13Cl3O5/c1-23-13-6-3-9(7-14(13)24-2)12(21)8-25-17(22)15-10(18)4-5-11(19)16(15)20/h3-7H,8H2,1-2H3. The van der Waals surface area contributed by atoms with Crippen molar-refractivity contribution in [1.82, 2.24) is 0 Å². The Morgan fingerprint density at radius 1 is 0.920 bits per heavy atom. The zero-order chi connectivity index (χ0) is 18.6. The van der Waals surface area contributed by atoms with E-state index in [2.05, 4.69) is 0 Å². The van der Waals surface area contributed by atoms with Gasteiger partial charge < -0.3 is 14.2 Å². The molecule has 132 valence electrons. The Hall–Kier alpha value is -1.95. The van der Waals surface area contributed by atoms with Gasteiger partial charge in [-0.15, -0.1) is 0 Å². The van der Waals surface area contributed by atoms with E-state index in [1.807, 2.05) is 0 Å². The fraction of sp³-hybridized carbons (Fsp3) is 0.176. The van der Waals surface area contributed by atoms with Crippen molar-refractivity contribution in [3.8, 4) is 11.5 Å². The van der Waals surface area contributed by atoms with E-state index in [9.17, 15) is 9.59 Å². The molecule has 2 aromatic rings. The zero-order valence-corrected chi connectivity index (χ0v) is 15.5. The molecule has 0 fully saturated rings. The maximum Gasteiger partial charge on any atom is 0.341 e. The van der Waals surface area contributed by atoms with Crippen LogP contribution in [0.4, 0.5) is 0 Å². The number of ketones is 1. The molecule has 0 heterocycles. The number of methoxy groups -OCH3 is 2. The van der Waals surface area contributed by atoms with Crippen LogP contribution in [0.1, 0.15) is 20.7 Å². The molecule has 0 aromatic heterocycles. The third-order valence-corrected chi connectivity index (χ3v) is 4.41. The molecule has 25 heavy (non-hydrogen) atoms. The molecular formula is C17H13Cl3O5. The SMILES string of the molecule is COc1ccc(C(=O)COC(=O)c2c(Cl)ccc(Cl)c2Cl)cc1OC. The van der Waals surface area contributed by atoms with Gasteiger partial charge in [-0.25, -0.2) is 4.79 Å². The highest BCUT2D eigenvalue weighted by atomic mass is 35.5. The average molecular weight is 404 g/mol. The van der Waals surface area contributed by atoms with Gasteiger partial charge in [0, 0.05) is 5.56 Å². The van der Waals surface area contributed by atoms with Crippen molar-refractivity contribution in [3.05, 3.63) is 56.5 Å². The van der Waals surface area contributed by atoms with Crippen LogP contribution in [0.2, 0.25) is 15.1 Å². The maximum absolute atomic E-state index is 12.2. The number of rotatable bonds is 6. The van der Waals surface area contributed by atoms with Gasteiger partial charge in [-0.2, -0.15) is 0 Å². The minimum Gasteiger partial charge on any atom is -0.493 e. The lowest BCUT2D eigenvalue weighted by Crippen LogP contribution is -2.15. The minimum atomic E-state index is -0.841. The molecule has 0 saturated carbocycles. The molecule has 0 N–H and O–H groups in total. The molecule has 2 rings (SSSR count). The number of ether oxygens (including phenoxy) is 3. The predicted octanol–water partition coefficient (Wildman–Crippen LogP) is 4.70. The number of carbonyl (C=O) groups is 2. The highest BCUT2D eigenvalue weighted by Gasteiger charge is 2.20. The van der Waals surface area contributed by atoms with Crippen molar-refractivity contribution in [3.63, 3.8) is 0 Å². The van der Waals surface area contributed by atoms with Gasteiger partial charge in [-0.05, 0) is 30.3 Å². The normalized spacial score (nSPS) is 10.3. The van der Waals surface area contributed by atoms with Gasteiger partial charge in [-0.1, -0.05) is 34.8 Å². The Morgan fingerprint density at radius 3 is 2.20 bits per heavy atom. The molecule has 0 atom stereocenters. The van der Waals surface area contributed by atoms with E-state index in [0.717, 1.165) is 0 Å². The van der Waals surface area contributed by atoms with Crippen LogP contribution in [-0.2, 0) is 4.74 Å². The fourth-order valence-electron chi connectivity index (χ4n) is 2.01. The van der Waals surface area contributed by atoms with Gasteiger partial charge in [0.25, 0.3) is 0 Å². The molecular weight excluding hydrogens is 391 g/mol. The average Bonchev–Trinajstić information content (AvgIpc) is 2.62. The number of benzene rings is 2. The van der Waals surface area contributed by atoms with Crippen molar-refractivity contribution in [2.45, 2.75) is 0 Å². The monoisotopic (exact) mass is 402 g/mol. The van der Waals surface area contributed by atoms with E-state index in [4.69, 9.17) is 49.0 Å². The number of halogens is 3. The third-order valence-electron chi connectivity index (χ3n) is 3.29. The second-order valence-corrected chi connectivity index (χ2v) is 5.98. The molecule has 0 aliphatic rings. The van der Waals surface area contributed by atoms with Crippen LogP contribution in [0.25, 0.3) is 0 Å². The lowest BCUT2D eigenvalue weighted by molar-refractivity contribution is 0.0475. The van der Waals surface area contributed by atoms with Gasteiger partial charge >= 0.3 is 5.97 Å². The molecule has 8 heteroatoms. The van der Waals surface area contributed by atoms with Gasteiger partial charge in [0.1, 0.15) is 0 Å². The lowest BCUT2D eigenvalue weighted by atomic mass is 10.1. The first-order valence-electron chi connectivity index (χ1n) is 6.95. The van der Waals surface area contributed by atoms with Crippen molar-refractivity contribution >= 4 is 46.6 Å². The van der Waals surface area contributed by atoms with Crippen LogP contribution in [0, 0.1) is 0 Å². The van der Waals surface area contributed by atoms with Gasteiger partial charge in [0.15, 0.2) is 23.9 Å². The van der Waals surface area contributed by atoms with Crippen LogP contribution in [0.5, 0.6) is 11.5 Å². The molecule has 0 unspecified atom stereocenters. The van der Waals surface area contributed by atoms with Crippen molar-refractivity contribution in [1.29, 1.82) is 0 Å². The van der Waals surface area contributed by atoms with Crippen molar-refractivity contribution in [2.24, 2.45) is 0 Å². The van der Waals surface area contributed by atoms with E-state index in [-0.39, 0.29) is 20.6 Å². The first-order valence-corrected chi connectivity index (χ1v) is 8.08. The summed E-state index contributed by atoms with van der Waals surface area (Å²) in [5, 5.41) is 0.208. The number of carbonyl (C=O) groups excluding carboxylic acids is 2. The quantitative estimate of drug-likeness (QED) is 0.397. The largest absolute Gasteiger partial charge is 0.493 e. The summed E-state index contributed by atoms with van der Waals surface area (Å²) < 4.78 is 15.2. The molecule has 0 amide bonds. The Labute approximate surface area is 159 Å². The second kappa shape index (κ2) is 8.43. The lowest BCUT2D eigenvalue weighted by Gasteiger charge is -2.10. The highest BCUT2D eigenvalue weighted by molar-refractivity contribution is 6.46. The van der Waals surface area contributed by atoms with Gasteiger partial charge in [0.05, 0.1) is 34.9 Å². The van der Waals surface area contributed by atoms with E-state index < -0.39 is 18.4 Å². The van der Waals surface area contributed by atoms with E-state index >= 15 is 0 Å². The van der Waals surface area contributed by atoms with E-state index in [1.165, 1.54) is 38.5 Å². The Balaban J connectivity index is 2.13. The summed E-state index contributed by atoms with van der Waals surface area (Å²) in [6.45, 7) is -0.493. The summed E-state index contributed by atoms with van der Waals surface area (Å²) in [7, 11) is 2.94. The molecule has 2 aromatic carbocycles. The molecule has 0 aliphatic heterocycles. The maximum atomic E-state index is 12.2. The summed E-state index contributed by atoms with van der Waals surface area (Å²) in [5.74, 6) is -0.399. The third kappa shape index (κ3) is 4.37. The Kier molecular flexibility index (Phi) is 6.53. The first kappa shape index (κ1) is 19.4. The van der Waals surface area contributed by atoms with E-state index in [1.54, 1.807) is 6.07 Å². The van der Waals surface area contributed by atoms with Crippen LogP contribution < -0.4 is 9.47 Å². The molecule has 0 bridgehead atoms. The van der Waals surface area contributed by atoms with Crippen molar-refractivity contribution in [2.75, 3.05) is 20.8 Å². The minimum absolute atomic E-state index is 0.0299. The van der Waals surface area contributed by atoms with Crippen LogP contribution in [0.3, 0.4) is 0 Å². The summed E-state index contributed by atoms with van der Waals surface area (Å²) in [6.07, 6.45) is 0. The summed E-state index contributed by atoms with van der Waals surface area (Å²) in [5.41, 5.74) is 0.213. The van der Waals surface area contributed by atoms with Crippen LogP contribution >= 0.6 is 34.8 Å². The first-order chi connectivity index (χ1) is 11.9. The predicted molar refractivity (Wildman–Crippen MR) is 95.6 cm³/mol. The summed E-state index contributed by atoms with van der Waals surface area (Å²) >= 11 is 17.8. The number of hydrogen-bond acceptors (Lipinski definition) is 5. The molecule has 5 nitrogen and oxygen atoms in total. The number of Topliss-reactive ketones (excluding diaryl/α,β-unsaturated/α-hetero) is 1. The Bertz CT molecular complexity index is 820. The fourth-order valence-corrected chi connectivity index (χ4v) is 2.69. The smallest absolute Gasteiger partial charge is 0.341 e. The van der Waals surface area contributed by atoms with Crippen LogP contribution in [-0.4, -0.2) is 32.6 Å². The zero-order valence-electron chi connectivity index (χ0n) is 13.3. The summed E-state index contributed by atoms with van der Waals surface area (Å²) in [4.78, 5) is 24.4. The highest BCUT2D eigenvalue weighted by Crippen LogP contribution is 2.32. The van der Waals surface area contributed by atoms with Gasteiger partial charge in [-0.3, -0.25) is 4.79 Å². The van der Waals surface area contributed by atoms with Crippen molar-refractivity contribution < 1.29 is 23.8 Å². The van der Waals surface area contributed by atoms with Gasteiger partial charge in [0.2, 0.25) is 0 Å². The topological polar surface area (TPSA) is 61.8 Å². The molecule has 0 saturated heterocycles. The summed E-state index contributed by atoms with van der Waals surface area (Å²) in [6, 6.07) is 7.49. The number of hydrogen-bond donors (Lipinski definition) is 0. The van der Waals surface area contributed by atoms with E-state index in [0.29, 0.717) is 17.1 Å².